The van der Waals surface area contributed by atoms with Crippen LogP contribution in [-0.2, 0) is 20.8 Å². The van der Waals surface area contributed by atoms with E-state index < -0.39 is 5.54 Å². The van der Waals surface area contributed by atoms with Crippen LogP contribution in [-0.4, -0.2) is 31.8 Å². The molecule has 0 heterocycles. The Kier molecular flexibility index (Phi) is 6.68. The fourth-order valence-corrected chi connectivity index (χ4v) is 2.13. The van der Waals surface area contributed by atoms with Crippen LogP contribution in [0.15, 0.2) is 30.3 Å². The number of carbonyl (C=O) groups excluding carboxylic acids is 1. The molecule has 0 aliphatic rings. The summed E-state index contributed by atoms with van der Waals surface area (Å²) in [6.07, 6.45) is 0. The number of hydrogen-bond donors (Lipinski definition) is 1. The van der Waals surface area contributed by atoms with Crippen molar-refractivity contribution in [3.8, 4) is 0 Å². The van der Waals surface area contributed by atoms with Gasteiger partial charge in [-0.25, -0.2) is 4.79 Å². The SMILES string of the molecule is CCOC(=O)C(COC)(NCc1ccccc1)C(C)C. The smallest absolute Gasteiger partial charge is 0.329 e. The predicted molar refractivity (Wildman–Crippen MR) is 79.4 cm³/mol. The normalized spacial score (nSPS) is 14.1. The van der Waals surface area contributed by atoms with Crippen LogP contribution in [0.3, 0.4) is 0 Å². The van der Waals surface area contributed by atoms with Crippen LogP contribution in [0, 0.1) is 5.92 Å². The van der Waals surface area contributed by atoms with E-state index in [4.69, 9.17) is 9.47 Å². The number of methoxy groups -OCH3 is 1. The highest BCUT2D eigenvalue weighted by molar-refractivity contribution is 5.81. The maximum absolute atomic E-state index is 12.4. The third-order valence-electron chi connectivity index (χ3n) is 3.45. The van der Waals surface area contributed by atoms with E-state index in [0.29, 0.717) is 13.2 Å². The Morgan fingerprint density at radius 1 is 1.30 bits per heavy atom. The predicted octanol–water partition coefficient (Wildman–Crippen LogP) is 2.38. The highest BCUT2D eigenvalue weighted by Gasteiger charge is 2.42. The summed E-state index contributed by atoms with van der Waals surface area (Å²) < 4.78 is 10.5. The third-order valence-corrected chi connectivity index (χ3v) is 3.45. The summed E-state index contributed by atoms with van der Waals surface area (Å²) in [6, 6.07) is 9.98. The Morgan fingerprint density at radius 3 is 2.45 bits per heavy atom. The van der Waals surface area contributed by atoms with Crippen molar-refractivity contribution in [3.05, 3.63) is 35.9 Å². The molecular weight excluding hydrogens is 254 g/mol. The van der Waals surface area contributed by atoms with E-state index in [1.54, 1.807) is 7.11 Å². The van der Waals surface area contributed by atoms with Crippen LogP contribution in [0.5, 0.6) is 0 Å². The first-order valence-electron chi connectivity index (χ1n) is 7.02. The maximum Gasteiger partial charge on any atom is 0.329 e. The molecule has 0 aromatic heterocycles. The van der Waals surface area contributed by atoms with Crippen molar-refractivity contribution >= 4 is 5.97 Å². The van der Waals surface area contributed by atoms with Gasteiger partial charge in [0.2, 0.25) is 0 Å². The van der Waals surface area contributed by atoms with Gasteiger partial charge < -0.3 is 9.47 Å². The highest BCUT2D eigenvalue weighted by Crippen LogP contribution is 2.21. The van der Waals surface area contributed by atoms with Gasteiger partial charge in [0.25, 0.3) is 0 Å². The summed E-state index contributed by atoms with van der Waals surface area (Å²) in [5, 5.41) is 3.33. The molecule has 1 rings (SSSR count). The second-order valence-corrected chi connectivity index (χ2v) is 5.12. The number of hydrogen-bond acceptors (Lipinski definition) is 4. The molecule has 1 atom stereocenters. The van der Waals surface area contributed by atoms with E-state index in [9.17, 15) is 4.79 Å². The van der Waals surface area contributed by atoms with Crippen LogP contribution >= 0.6 is 0 Å². The summed E-state index contributed by atoms with van der Waals surface area (Å²) in [6.45, 7) is 7.05. The standard InChI is InChI=1S/C16H25NO3/c1-5-20-15(18)16(12-19-4,13(2)3)17-11-14-9-7-6-8-10-14/h6-10,13,17H,5,11-12H2,1-4H3. The lowest BCUT2D eigenvalue weighted by molar-refractivity contribution is -0.156. The average molecular weight is 279 g/mol. The lowest BCUT2D eigenvalue weighted by Gasteiger charge is -2.35. The lowest BCUT2D eigenvalue weighted by Crippen LogP contribution is -2.59. The van der Waals surface area contributed by atoms with Gasteiger partial charge in [-0.3, -0.25) is 5.32 Å². The minimum atomic E-state index is -0.819. The molecule has 0 radical (unpaired) electrons. The molecule has 112 valence electrons. The Labute approximate surface area is 121 Å². The quantitative estimate of drug-likeness (QED) is 0.742. The summed E-state index contributed by atoms with van der Waals surface area (Å²) in [4.78, 5) is 12.4. The number of benzene rings is 1. The van der Waals surface area contributed by atoms with Crippen molar-refractivity contribution < 1.29 is 14.3 Å². The first kappa shape index (κ1) is 16.7. The molecule has 0 saturated heterocycles. The van der Waals surface area contributed by atoms with Gasteiger partial charge in [-0.05, 0) is 18.4 Å². The Hall–Kier alpha value is -1.39. The number of carbonyl (C=O) groups is 1. The van der Waals surface area contributed by atoms with Crippen molar-refractivity contribution in [1.29, 1.82) is 0 Å². The fourth-order valence-electron chi connectivity index (χ4n) is 2.13. The topological polar surface area (TPSA) is 47.6 Å². The van der Waals surface area contributed by atoms with Crippen molar-refractivity contribution in [2.45, 2.75) is 32.9 Å². The van der Waals surface area contributed by atoms with Gasteiger partial charge in [0.05, 0.1) is 13.2 Å². The average Bonchev–Trinajstić information content (AvgIpc) is 2.44. The largest absolute Gasteiger partial charge is 0.465 e. The van der Waals surface area contributed by atoms with Gasteiger partial charge in [-0.2, -0.15) is 0 Å². The molecule has 1 aromatic rings. The minimum Gasteiger partial charge on any atom is -0.465 e. The van der Waals surface area contributed by atoms with Gasteiger partial charge in [-0.1, -0.05) is 44.2 Å². The maximum atomic E-state index is 12.4. The van der Waals surface area contributed by atoms with E-state index in [-0.39, 0.29) is 18.5 Å². The van der Waals surface area contributed by atoms with E-state index >= 15 is 0 Å². The number of esters is 1. The Balaban J connectivity index is 2.88. The van der Waals surface area contributed by atoms with Crippen LogP contribution in [0.25, 0.3) is 0 Å². The lowest BCUT2D eigenvalue weighted by atomic mass is 9.86. The molecule has 0 aliphatic carbocycles. The minimum absolute atomic E-state index is 0.0604. The Bertz CT molecular complexity index is 405. The fraction of sp³-hybridized carbons (Fsp3) is 0.562. The van der Waals surface area contributed by atoms with Crippen LogP contribution in [0.2, 0.25) is 0 Å². The van der Waals surface area contributed by atoms with Gasteiger partial charge in [0.1, 0.15) is 5.54 Å². The molecule has 0 fully saturated rings. The summed E-state index contributed by atoms with van der Waals surface area (Å²) >= 11 is 0. The van der Waals surface area contributed by atoms with Crippen molar-refractivity contribution in [3.63, 3.8) is 0 Å². The van der Waals surface area contributed by atoms with E-state index in [1.165, 1.54) is 0 Å². The molecule has 20 heavy (non-hydrogen) atoms. The van der Waals surface area contributed by atoms with Crippen LogP contribution in [0.4, 0.5) is 0 Å². The second-order valence-electron chi connectivity index (χ2n) is 5.12. The first-order chi connectivity index (χ1) is 9.56. The molecule has 4 heteroatoms. The summed E-state index contributed by atoms with van der Waals surface area (Å²) in [5.74, 6) is -0.196. The summed E-state index contributed by atoms with van der Waals surface area (Å²) in [5.41, 5.74) is 0.304. The van der Waals surface area contributed by atoms with Gasteiger partial charge >= 0.3 is 5.97 Å². The van der Waals surface area contributed by atoms with Crippen molar-refractivity contribution in [2.24, 2.45) is 5.92 Å². The molecule has 1 N–H and O–H groups in total. The molecular formula is C16H25NO3. The van der Waals surface area contributed by atoms with Crippen molar-refractivity contribution in [2.75, 3.05) is 20.3 Å². The molecule has 1 aromatic carbocycles. The molecule has 0 saturated carbocycles. The van der Waals surface area contributed by atoms with Crippen LogP contribution < -0.4 is 5.32 Å². The number of rotatable bonds is 8. The van der Waals surface area contributed by atoms with Crippen LogP contribution in [0.1, 0.15) is 26.3 Å². The van der Waals surface area contributed by atoms with Gasteiger partial charge in [0.15, 0.2) is 0 Å². The Morgan fingerprint density at radius 2 is 1.95 bits per heavy atom. The molecule has 0 amide bonds. The van der Waals surface area contributed by atoms with Gasteiger partial charge in [0, 0.05) is 13.7 Å². The van der Waals surface area contributed by atoms with Gasteiger partial charge in [-0.15, -0.1) is 0 Å². The number of ether oxygens (including phenoxy) is 2. The highest BCUT2D eigenvalue weighted by atomic mass is 16.5. The monoisotopic (exact) mass is 279 g/mol. The molecule has 1 unspecified atom stereocenters. The molecule has 4 nitrogen and oxygen atoms in total. The van der Waals surface area contributed by atoms with Crippen molar-refractivity contribution in [1.82, 2.24) is 5.32 Å². The zero-order valence-electron chi connectivity index (χ0n) is 12.8. The summed E-state index contributed by atoms with van der Waals surface area (Å²) in [7, 11) is 1.60. The molecule has 0 spiro atoms. The third kappa shape index (κ3) is 4.05. The first-order valence-corrected chi connectivity index (χ1v) is 7.02. The second kappa shape index (κ2) is 8.02. The van der Waals surface area contributed by atoms with E-state index in [1.807, 2.05) is 51.1 Å². The zero-order valence-corrected chi connectivity index (χ0v) is 12.8. The van der Waals surface area contributed by atoms with E-state index in [0.717, 1.165) is 5.56 Å². The van der Waals surface area contributed by atoms with E-state index in [2.05, 4.69) is 5.32 Å². The molecule has 0 bridgehead atoms. The number of nitrogens with one attached hydrogen (secondary N) is 1. The molecule has 0 aliphatic heterocycles. The zero-order chi connectivity index (χ0) is 15.0.